The van der Waals surface area contributed by atoms with Gasteiger partial charge in [0.2, 0.25) is 0 Å². The summed E-state index contributed by atoms with van der Waals surface area (Å²) < 4.78 is 0. The Morgan fingerprint density at radius 1 is 1.25 bits per heavy atom. The highest BCUT2D eigenvalue weighted by molar-refractivity contribution is 14.0. The molecule has 3 N–H and O–H groups in total. The molecule has 5 heteroatoms. The van der Waals surface area contributed by atoms with Gasteiger partial charge < -0.3 is 15.6 Å². The number of rotatable bonds is 2. The van der Waals surface area contributed by atoms with Crippen LogP contribution in [0, 0.1) is 0 Å². The number of aliphatic imine (C=N–C) groups is 1. The minimum Gasteiger partial charge on any atom is -0.357 e. The molecule has 0 unspecified atom stereocenters. The molecule has 0 saturated carbocycles. The van der Waals surface area contributed by atoms with E-state index in [0.717, 1.165) is 23.7 Å². The third-order valence-electron chi connectivity index (χ3n) is 2.75. The molecule has 0 aliphatic heterocycles. The summed E-state index contributed by atoms with van der Waals surface area (Å²) in [6.45, 7) is 7.07. The predicted molar refractivity (Wildman–Crippen MR) is 96.8 cm³/mol. The summed E-state index contributed by atoms with van der Waals surface area (Å²) in [6.07, 6.45) is 0. The van der Waals surface area contributed by atoms with E-state index in [1.807, 2.05) is 12.1 Å². The molecule has 1 aromatic carbocycles. The molecular weight excluding hydrogens is 363 g/mol. The summed E-state index contributed by atoms with van der Waals surface area (Å²) in [5, 5.41) is 7.88. The zero-order valence-corrected chi connectivity index (χ0v) is 14.8. The molecule has 2 rings (SSSR count). The minimum absolute atomic E-state index is 0. The molecule has 1 aromatic heterocycles. The van der Waals surface area contributed by atoms with Crippen LogP contribution in [0.25, 0.3) is 10.9 Å². The van der Waals surface area contributed by atoms with Gasteiger partial charge in [-0.3, -0.25) is 4.99 Å². The lowest BCUT2D eigenvalue weighted by atomic mass is 10.1. The number of aromatic amines is 1. The van der Waals surface area contributed by atoms with Gasteiger partial charge >= 0.3 is 0 Å². The second-order valence-electron chi connectivity index (χ2n) is 5.68. The number of guanidine groups is 1. The van der Waals surface area contributed by atoms with E-state index < -0.39 is 0 Å². The first-order valence-corrected chi connectivity index (χ1v) is 6.53. The number of benzene rings is 1. The van der Waals surface area contributed by atoms with Crippen molar-refractivity contribution in [2.45, 2.75) is 32.9 Å². The van der Waals surface area contributed by atoms with Gasteiger partial charge in [0.05, 0.1) is 6.54 Å². The molecule has 110 valence electrons. The Morgan fingerprint density at radius 2 is 1.95 bits per heavy atom. The number of para-hydroxylation sites is 1. The van der Waals surface area contributed by atoms with E-state index in [2.05, 4.69) is 59.6 Å². The topological polar surface area (TPSA) is 52.2 Å². The van der Waals surface area contributed by atoms with Gasteiger partial charge in [-0.25, -0.2) is 0 Å². The summed E-state index contributed by atoms with van der Waals surface area (Å²) in [5.74, 6) is 0.811. The first-order chi connectivity index (χ1) is 8.98. The minimum atomic E-state index is 0. The first kappa shape index (κ1) is 16.8. The Bertz CT molecular complexity index is 548. The van der Waals surface area contributed by atoms with E-state index in [4.69, 9.17) is 0 Å². The van der Waals surface area contributed by atoms with Crippen molar-refractivity contribution in [1.29, 1.82) is 0 Å². The maximum Gasteiger partial charge on any atom is 0.191 e. The van der Waals surface area contributed by atoms with Crippen LogP contribution < -0.4 is 10.6 Å². The maximum atomic E-state index is 4.22. The Morgan fingerprint density at radius 3 is 2.55 bits per heavy atom. The standard InChI is InChI=1S/C15H22N4.HI/c1-15(2,3)19-14(16-4)17-10-12-9-11-7-5-6-8-13(11)18-12;/h5-9,18H,10H2,1-4H3,(H2,16,17,19);1H. The van der Waals surface area contributed by atoms with Crippen molar-refractivity contribution in [3.05, 3.63) is 36.0 Å². The summed E-state index contributed by atoms with van der Waals surface area (Å²) >= 11 is 0. The number of aromatic nitrogens is 1. The molecular formula is C15H23IN4. The summed E-state index contributed by atoms with van der Waals surface area (Å²) in [6, 6.07) is 10.4. The highest BCUT2D eigenvalue weighted by Gasteiger charge is 2.11. The number of hydrogen-bond acceptors (Lipinski definition) is 1. The van der Waals surface area contributed by atoms with E-state index in [1.165, 1.54) is 5.39 Å². The van der Waals surface area contributed by atoms with Gasteiger partial charge in [0, 0.05) is 23.8 Å². The SMILES string of the molecule is CN=C(NCc1cc2ccccc2[nH]1)NC(C)(C)C.I. The fraction of sp³-hybridized carbons (Fsp3) is 0.400. The number of H-pyrrole nitrogens is 1. The van der Waals surface area contributed by atoms with Crippen LogP contribution in [-0.4, -0.2) is 23.5 Å². The Kier molecular flexibility index (Phi) is 5.86. The van der Waals surface area contributed by atoms with Crippen LogP contribution in [0.3, 0.4) is 0 Å². The van der Waals surface area contributed by atoms with E-state index in [9.17, 15) is 0 Å². The fourth-order valence-corrected chi connectivity index (χ4v) is 1.94. The number of nitrogens with zero attached hydrogens (tertiary/aromatic N) is 1. The summed E-state index contributed by atoms with van der Waals surface area (Å²) in [4.78, 5) is 7.62. The first-order valence-electron chi connectivity index (χ1n) is 6.53. The van der Waals surface area contributed by atoms with E-state index >= 15 is 0 Å². The summed E-state index contributed by atoms with van der Waals surface area (Å²) in [5.41, 5.74) is 2.32. The molecule has 4 nitrogen and oxygen atoms in total. The van der Waals surface area contributed by atoms with Crippen molar-refractivity contribution in [1.82, 2.24) is 15.6 Å². The lowest BCUT2D eigenvalue weighted by Crippen LogP contribution is -2.47. The van der Waals surface area contributed by atoms with Crippen molar-refractivity contribution >= 4 is 40.8 Å². The molecule has 0 fully saturated rings. The Hall–Kier alpha value is -1.24. The largest absolute Gasteiger partial charge is 0.357 e. The van der Waals surface area contributed by atoms with Gasteiger partial charge in [0.25, 0.3) is 0 Å². The normalized spacial score (nSPS) is 12.1. The van der Waals surface area contributed by atoms with Gasteiger partial charge in [0.15, 0.2) is 5.96 Å². The van der Waals surface area contributed by atoms with Crippen molar-refractivity contribution < 1.29 is 0 Å². The highest BCUT2D eigenvalue weighted by Crippen LogP contribution is 2.14. The molecule has 1 heterocycles. The second kappa shape index (κ2) is 6.97. The predicted octanol–water partition coefficient (Wildman–Crippen LogP) is 3.25. The average Bonchev–Trinajstić information content (AvgIpc) is 2.75. The summed E-state index contributed by atoms with van der Waals surface area (Å²) in [7, 11) is 1.78. The number of hydrogen-bond donors (Lipinski definition) is 3. The van der Waals surface area contributed by atoms with Crippen LogP contribution in [-0.2, 0) is 6.54 Å². The van der Waals surface area contributed by atoms with Crippen LogP contribution in [0.1, 0.15) is 26.5 Å². The highest BCUT2D eigenvalue weighted by atomic mass is 127. The van der Waals surface area contributed by atoms with Gasteiger partial charge in [-0.15, -0.1) is 24.0 Å². The van der Waals surface area contributed by atoms with Crippen molar-refractivity contribution in [3.8, 4) is 0 Å². The van der Waals surface area contributed by atoms with Crippen molar-refractivity contribution in [2.75, 3.05) is 7.05 Å². The second-order valence-corrected chi connectivity index (χ2v) is 5.68. The zero-order valence-electron chi connectivity index (χ0n) is 12.4. The molecule has 0 amide bonds. The lowest BCUT2D eigenvalue weighted by molar-refractivity contribution is 0.501. The van der Waals surface area contributed by atoms with Gasteiger partial charge in [-0.05, 0) is 38.3 Å². The smallest absolute Gasteiger partial charge is 0.191 e. The molecule has 0 spiro atoms. The van der Waals surface area contributed by atoms with Crippen LogP contribution >= 0.6 is 24.0 Å². The van der Waals surface area contributed by atoms with E-state index in [0.29, 0.717) is 0 Å². The Labute approximate surface area is 137 Å². The molecule has 0 saturated heterocycles. The van der Waals surface area contributed by atoms with Crippen LogP contribution in [0.5, 0.6) is 0 Å². The molecule has 20 heavy (non-hydrogen) atoms. The quantitative estimate of drug-likeness (QED) is 0.422. The zero-order chi connectivity index (χ0) is 13.9. The van der Waals surface area contributed by atoms with Crippen LogP contribution in [0.4, 0.5) is 0 Å². The van der Waals surface area contributed by atoms with E-state index in [1.54, 1.807) is 7.05 Å². The lowest BCUT2D eigenvalue weighted by Gasteiger charge is -2.23. The number of fused-ring (bicyclic) bond motifs is 1. The van der Waals surface area contributed by atoms with Crippen molar-refractivity contribution in [3.63, 3.8) is 0 Å². The van der Waals surface area contributed by atoms with Gasteiger partial charge in [-0.2, -0.15) is 0 Å². The molecule has 0 atom stereocenters. The third kappa shape index (κ3) is 4.70. The molecule has 2 aromatic rings. The number of halogens is 1. The van der Waals surface area contributed by atoms with Gasteiger partial charge in [-0.1, -0.05) is 18.2 Å². The van der Waals surface area contributed by atoms with Gasteiger partial charge in [0.1, 0.15) is 0 Å². The third-order valence-corrected chi connectivity index (χ3v) is 2.75. The molecule has 0 aliphatic rings. The maximum absolute atomic E-state index is 4.22. The Balaban J connectivity index is 0.00000200. The number of nitrogens with one attached hydrogen (secondary N) is 3. The van der Waals surface area contributed by atoms with Crippen LogP contribution in [0.15, 0.2) is 35.3 Å². The fourth-order valence-electron chi connectivity index (χ4n) is 1.94. The monoisotopic (exact) mass is 386 g/mol. The molecule has 0 bridgehead atoms. The molecule has 0 aliphatic carbocycles. The average molecular weight is 386 g/mol. The van der Waals surface area contributed by atoms with E-state index in [-0.39, 0.29) is 29.5 Å². The molecule has 0 radical (unpaired) electrons. The van der Waals surface area contributed by atoms with Crippen molar-refractivity contribution in [2.24, 2.45) is 4.99 Å². The van der Waals surface area contributed by atoms with Crippen LogP contribution in [0.2, 0.25) is 0 Å².